The van der Waals surface area contributed by atoms with Crippen LogP contribution in [-0.4, -0.2) is 42.9 Å². The van der Waals surface area contributed by atoms with Gasteiger partial charge in [0.1, 0.15) is 17.6 Å². The summed E-state index contributed by atoms with van der Waals surface area (Å²) in [6.45, 7) is -4.30. The number of allylic oxidation sites excluding steroid dienone is 1. The number of hydrogen-bond donors (Lipinski definition) is 1. The smallest absolute Gasteiger partial charge is 0.159 e. The Bertz CT molecular complexity index is 1480. The highest BCUT2D eigenvalue weighted by atomic mass is 19.1. The number of ketones is 1. The number of aryl methyl sites for hydroxylation is 1. The molecule has 1 aromatic heterocycles. The summed E-state index contributed by atoms with van der Waals surface area (Å²) < 4.78 is 65.6. The zero-order valence-corrected chi connectivity index (χ0v) is 18.5. The summed E-state index contributed by atoms with van der Waals surface area (Å²) in [6.07, 6.45) is 2.29. The van der Waals surface area contributed by atoms with Gasteiger partial charge in [0.15, 0.2) is 5.78 Å². The molecule has 7 heteroatoms. The first-order valence-electron chi connectivity index (χ1n) is 13.1. The van der Waals surface area contributed by atoms with Gasteiger partial charge in [0, 0.05) is 46.0 Å². The molecule has 6 nitrogen and oxygen atoms in total. The van der Waals surface area contributed by atoms with Crippen molar-refractivity contribution in [3.05, 3.63) is 71.2 Å². The number of fused-ring (bicyclic) bond motifs is 1. The topological polar surface area (TPSA) is 78.3 Å². The largest absolute Gasteiger partial charge is 0.494 e. The van der Waals surface area contributed by atoms with Gasteiger partial charge in [0.25, 0.3) is 0 Å². The van der Waals surface area contributed by atoms with E-state index in [-0.39, 0.29) is 28.4 Å². The number of carbonyl (C=O) groups is 1. The second kappa shape index (κ2) is 10.7. The number of halogens is 1. The van der Waals surface area contributed by atoms with Gasteiger partial charge in [-0.2, -0.15) is 5.26 Å². The molecule has 0 spiro atoms. The number of ether oxygens (including phenoxy) is 1. The van der Waals surface area contributed by atoms with Crippen LogP contribution in [0.2, 0.25) is 0 Å². The van der Waals surface area contributed by atoms with Gasteiger partial charge in [0.05, 0.1) is 27.4 Å². The second-order valence-corrected chi connectivity index (χ2v) is 7.64. The molecule has 33 heavy (non-hydrogen) atoms. The Labute approximate surface area is 201 Å². The monoisotopic (exact) mass is 452 g/mol. The van der Waals surface area contributed by atoms with Gasteiger partial charge in [-0.05, 0) is 63.8 Å². The molecule has 0 unspecified atom stereocenters. The number of nitrogens with one attached hydrogen (secondary N) is 1. The van der Waals surface area contributed by atoms with Crippen LogP contribution in [0.25, 0.3) is 10.9 Å². The minimum Gasteiger partial charge on any atom is -0.494 e. The third-order valence-corrected chi connectivity index (χ3v) is 4.83. The number of likely N-dealkylation sites (N-methyl/N-ethyl adjacent to an activating group) is 1. The zero-order chi connectivity index (χ0) is 29.1. The quantitative estimate of drug-likeness (QED) is 0.464. The highest BCUT2D eigenvalue weighted by Gasteiger charge is 2.16. The van der Waals surface area contributed by atoms with Crippen LogP contribution >= 0.6 is 0 Å². The van der Waals surface area contributed by atoms with Crippen LogP contribution in [0, 0.1) is 24.1 Å². The molecule has 0 bridgehead atoms. The highest BCUT2D eigenvalue weighted by Crippen LogP contribution is 2.34. The molecule has 0 amide bonds. The number of aromatic nitrogens is 1. The Balaban J connectivity index is 2.19. The van der Waals surface area contributed by atoms with Crippen molar-refractivity contribution in [2.45, 2.75) is 20.2 Å². The fraction of sp³-hybridized carbons (Fsp3) is 0.269. The third kappa shape index (κ3) is 5.93. The van der Waals surface area contributed by atoms with Gasteiger partial charge >= 0.3 is 0 Å². The van der Waals surface area contributed by atoms with E-state index in [0.717, 1.165) is 0 Å². The van der Waals surface area contributed by atoms with Crippen LogP contribution in [0.1, 0.15) is 31.8 Å². The summed E-state index contributed by atoms with van der Waals surface area (Å²) in [5, 5.41) is 13.2. The summed E-state index contributed by atoms with van der Waals surface area (Å²) in [7, 11) is 3.55. The fourth-order valence-corrected chi connectivity index (χ4v) is 3.21. The van der Waals surface area contributed by atoms with Gasteiger partial charge in [0.2, 0.25) is 0 Å². The summed E-state index contributed by atoms with van der Waals surface area (Å²) in [6, 6.07) is 8.81. The Morgan fingerprint density at radius 1 is 1.42 bits per heavy atom. The van der Waals surface area contributed by atoms with Gasteiger partial charge in [-0.1, -0.05) is 6.08 Å². The van der Waals surface area contributed by atoms with Gasteiger partial charge < -0.3 is 15.0 Å². The molecule has 2 aromatic carbocycles. The normalized spacial score (nSPS) is 15.0. The van der Waals surface area contributed by atoms with Crippen LogP contribution in [0.15, 0.2) is 48.7 Å². The molecule has 0 saturated heterocycles. The molecule has 170 valence electrons. The number of nitrogens with zero attached hydrogens (tertiary/aromatic N) is 3. The number of nitriles is 1. The number of hydrogen-bond acceptors (Lipinski definition) is 6. The lowest BCUT2D eigenvalue weighted by molar-refractivity contribution is -0.114. The minimum absolute atomic E-state index is 0.0962. The lowest BCUT2D eigenvalue weighted by Crippen LogP contribution is -2.11. The molecule has 0 radical (unpaired) electrons. The van der Waals surface area contributed by atoms with E-state index < -0.39 is 31.4 Å². The summed E-state index contributed by atoms with van der Waals surface area (Å²) in [4.78, 5) is 18.9. The lowest BCUT2D eigenvalue weighted by atomic mass is 10.0. The number of pyridine rings is 1. The zero-order valence-electron chi connectivity index (χ0n) is 24.5. The average Bonchev–Trinajstić information content (AvgIpc) is 2.84. The molecular weight excluding hydrogens is 419 g/mol. The van der Waals surface area contributed by atoms with Crippen LogP contribution in [0.5, 0.6) is 5.75 Å². The maximum atomic E-state index is 13.8. The van der Waals surface area contributed by atoms with Gasteiger partial charge in [-0.3, -0.25) is 9.78 Å². The molecule has 0 aliphatic carbocycles. The van der Waals surface area contributed by atoms with Crippen molar-refractivity contribution in [2.24, 2.45) is 0 Å². The molecule has 1 N–H and O–H groups in total. The van der Waals surface area contributed by atoms with E-state index in [9.17, 15) is 14.4 Å². The molecule has 1 heterocycles. The van der Waals surface area contributed by atoms with E-state index in [1.54, 1.807) is 32.0 Å². The average molecular weight is 453 g/mol. The fourth-order valence-electron chi connectivity index (χ4n) is 3.21. The molecule has 3 aromatic rings. The van der Waals surface area contributed by atoms with Crippen molar-refractivity contribution in [1.29, 1.82) is 5.26 Å². The SMILES string of the molecule is [2H]/C(=C\CN(C)C)C(=O)Cc1cc2c(Nc3ccc(F)c(C)c3)c(C#N)cnc2cc1OC([2H])([2H])C([2H])([2H])[2H]. The summed E-state index contributed by atoms with van der Waals surface area (Å²) in [5.41, 5.74) is 1.60. The first-order valence-corrected chi connectivity index (χ1v) is 10.1. The molecule has 3 rings (SSSR count). The second-order valence-electron chi connectivity index (χ2n) is 7.64. The number of anilines is 2. The molecule has 0 atom stereocenters. The Morgan fingerprint density at radius 2 is 2.24 bits per heavy atom. The Morgan fingerprint density at radius 3 is 2.94 bits per heavy atom. The number of benzene rings is 2. The minimum atomic E-state index is -3.14. The van der Waals surface area contributed by atoms with Crippen molar-refractivity contribution in [1.82, 2.24) is 9.88 Å². The van der Waals surface area contributed by atoms with E-state index in [4.69, 9.17) is 13.0 Å². The van der Waals surface area contributed by atoms with Crippen molar-refractivity contribution in [3.63, 3.8) is 0 Å². The van der Waals surface area contributed by atoms with E-state index in [0.29, 0.717) is 28.9 Å². The highest BCUT2D eigenvalue weighted by molar-refractivity contribution is 5.98. The van der Waals surface area contributed by atoms with E-state index in [1.165, 1.54) is 36.5 Å². The Kier molecular flexibility index (Phi) is 5.46. The first-order chi connectivity index (χ1) is 18.1. The summed E-state index contributed by atoms with van der Waals surface area (Å²) in [5.74, 6) is -1.25. The van der Waals surface area contributed by atoms with Gasteiger partial charge in [-0.25, -0.2) is 4.39 Å². The Hall–Kier alpha value is -3.76. The third-order valence-electron chi connectivity index (χ3n) is 4.83. The van der Waals surface area contributed by atoms with E-state index in [1.807, 2.05) is 6.07 Å². The maximum Gasteiger partial charge on any atom is 0.159 e. The van der Waals surface area contributed by atoms with Crippen molar-refractivity contribution < 1.29 is 22.1 Å². The van der Waals surface area contributed by atoms with Crippen LogP contribution < -0.4 is 10.1 Å². The molecule has 0 aliphatic rings. The predicted octanol–water partition coefficient (Wildman–Crippen LogP) is 4.93. The van der Waals surface area contributed by atoms with Gasteiger partial charge in [-0.15, -0.1) is 0 Å². The van der Waals surface area contributed by atoms with E-state index >= 15 is 0 Å². The van der Waals surface area contributed by atoms with Crippen LogP contribution in [0.4, 0.5) is 15.8 Å². The van der Waals surface area contributed by atoms with Crippen LogP contribution in [0.3, 0.4) is 0 Å². The first kappa shape index (κ1) is 16.8. The lowest BCUT2D eigenvalue weighted by Gasteiger charge is -2.15. The number of carbonyl (C=O) groups excluding carboxylic acids is 1. The maximum absolute atomic E-state index is 13.8. The number of rotatable bonds is 9. The van der Waals surface area contributed by atoms with E-state index in [2.05, 4.69) is 10.3 Å². The summed E-state index contributed by atoms with van der Waals surface area (Å²) >= 11 is 0. The van der Waals surface area contributed by atoms with Crippen LogP contribution in [-0.2, 0) is 11.2 Å². The van der Waals surface area contributed by atoms with Crippen molar-refractivity contribution in [2.75, 3.05) is 32.5 Å². The van der Waals surface area contributed by atoms with Crippen molar-refractivity contribution in [3.8, 4) is 11.8 Å². The molecular formula is C26H27FN4O2. The molecule has 0 fully saturated rings. The molecule has 0 saturated carbocycles. The molecule has 0 aliphatic heterocycles. The predicted molar refractivity (Wildman–Crippen MR) is 128 cm³/mol. The van der Waals surface area contributed by atoms with Crippen molar-refractivity contribution >= 4 is 28.1 Å². The standard InChI is InChI=1S/C26H27FN4O2/c1-5-33-25-14-24-22(13-18(25)12-21(32)7-6-10-31(3)4)26(19(15-28)16-29-24)30-20-8-9-23(27)17(2)11-20/h6-9,11,13-14,16H,5,10,12H2,1-4H3,(H,29,30)/b7-6+/i1D3,5D2,7D.